The fraction of sp³-hybridized carbons (Fsp3) is 0.290. The normalized spacial score (nSPS) is 15.0. The van der Waals surface area contributed by atoms with Crippen LogP contribution in [-0.2, 0) is 20.7 Å². The molecule has 3 aromatic carbocycles. The van der Waals surface area contributed by atoms with Crippen LogP contribution in [0.3, 0.4) is 0 Å². The first-order chi connectivity index (χ1) is 19.4. The van der Waals surface area contributed by atoms with E-state index in [9.17, 15) is 9.59 Å². The van der Waals surface area contributed by atoms with E-state index in [1.807, 2.05) is 24.3 Å². The molecule has 0 radical (unpaired) electrons. The van der Waals surface area contributed by atoms with Gasteiger partial charge in [0.15, 0.2) is 0 Å². The van der Waals surface area contributed by atoms with Crippen LogP contribution in [0.15, 0.2) is 71.4 Å². The van der Waals surface area contributed by atoms with Gasteiger partial charge in [0.1, 0.15) is 11.5 Å². The third-order valence-electron chi connectivity index (χ3n) is 7.39. The van der Waals surface area contributed by atoms with Crippen molar-refractivity contribution in [2.45, 2.75) is 39.5 Å². The van der Waals surface area contributed by atoms with Crippen molar-refractivity contribution >= 4 is 29.1 Å². The van der Waals surface area contributed by atoms with Crippen LogP contribution in [-0.4, -0.2) is 31.8 Å². The maximum absolute atomic E-state index is 13.2. The fourth-order valence-electron chi connectivity index (χ4n) is 5.54. The topological polar surface area (TPSA) is 114 Å². The molecule has 1 aliphatic carbocycles. The Morgan fingerprint density at radius 3 is 2.58 bits per heavy atom. The third-order valence-corrected chi connectivity index (χ3v) is 7.39. The van der Waals surface area contributed by atoms with Crippen molar-refractivity contribution in [2.75, 3.05) is 24.8 Å². The van der Waals surface area contributed by atoms with Gasteiger partial charge >= 0.3 is 11.9 Å². The average Bonchev–Trinajstić information content (AvgIpc) is 2.96. The van der Waals surface area contributed by atoms with E-state index in [-0.39, 0.29) is 5.92 Å². The lowest BCUT2D eigenvalue weighted by Crippen LogP contribution is -2.24. The molecule has 0 N–H and O–H groups in total. The Bertz CT molecular complexity index is 1550. The lowest BCUT2D eigenvalue weighted by atomic mass is 9.75. The average molecular weight is 539 g/mol. The summed E-state index contributed by atoms with van der Waals surface area (Å²) in [7, 11) is 0. The SMILES string of the molecule is CCN(CC)c1ccc2c(c1)OC1=C(CCc3cc(N=[N+]=[N-])ccc31)C2c1ccccc1C(=O)OCOC(C)=O. The van der Waals surface area contributed by atoms with Gasteiger partial charge in [0.2, 0.25) is 6.79 Å². The van der Waals surface area contributed by atoms with Gasteiger partial charge in [0.05, 0.1) is 5.56 Å². The van der Waals surface area contributed by atoms with Gasteiger partial charge in [0, 0.05) is 59.4 Å². The number of carbonyl (C=O) groups is 2. The van der Waals surface area contributed by atoms with Crippen LogP contribution in [0.5, 0.6) is 5.75 Å². The van der Waals surface area contributed by atoms with Crippen molar-refractivity contribution in [3.63, 3.8) is 0 Å². The number of fused-ring (bicyclic) bond motifs is 3. The van der Waals surface area contributed by atoms with Crippen LogP contribution in [0.4, 0.5) is 11.4 Å². The predicted molar refractivity (Wildman–Crippen MR) is 151 cm³/mol. The Labute approximate surface area is 232 Å². The highest BCUT2D eigenvalue weighted by Gasteiger charge is 2.36. The van der Waals surface area contributed by atoms with E-state index < -0.39 is 18.7 Å². The number of rotatable bonds is 8. The van der Waals surface area contributed by atoms with E-state index in [4.69, 9.17) is 19.7 Å². The summed E-state index contributed by atoms with van der Waals surface area (Å²) in [6.07, 6.45) is 1.43. The highest BCUT2D eigenvalue weighted by atomic mass is 16.7. The molecule has 204 valence electrons. The standard InChI is InChI=1S/C31H30N4O5/c1-4-35(5-2)22-12-15-26-28(17-22)40-30-23-14-11-21(33-34-32)16-20(23)10-13-27(30)29(26)24-8-6-7-9-25(24)31(37)39-18-38-19(3)36/h6-9,11-12,14-17,29H,4-5,10,13,18H2,1-3H3. The van der Waals surface area contributed by atoms with Crippen LogP contribution >= 0.6 is 0 Å². The molecule has 1 heterocycles. The minimum Gasteiger partial charge on any atom is -0.456 e. The van der Waals surface area contributed by atoms with Crippen LogP contribution in [0.2, 0.25) is 0 Å². The number of esters is 2. The van der Waals surface area contributed by atoms with E-state index in [0.717, 1.165) is 64.5 Å². The van der Waals surface area contributed by atoms with Crippen molar-refractivity contribution in [1.82, 2.24) is 0 Å². The molecule has 2 aliphatic rings. The van der Waals surface area contributed by atoms with E-state index in [2.05, 4.69) is 47.0 Å². The van der Waals surface area contributed by atoms with Crippen LogP contribution in [0.25, 0.3) is 16.2 Å². The zero-order valence-corrected chi connectivity index (χ0v) is 22.7. The third kappa shape index (κ3) is 5.11. The Balaban J connectivity index is 1.66. The molecule has 5 rings (SSSR count). The van der Waals surface area contributed by atoms with Gasteiger partial charge in [-0.15, -0.1) is 0 Å². The van der Waals surface area contributed by atoms with Gasteiger partial charge in [-0.3, -0.25) is 4.79 Å². The number of benzene rings is 3. The summed E-state index contributed by atoms with van der Waals surface area (Å²) in [5.41, 5.74) is 15.7. The fourth-order valence-corrected chi connectivity index (χ4v) is 5.54. The monoisotopic (exact) mass is 538 g/mol. The number of azide groups is 1. The maximum Gasteiger partial charge on any atom is 0.341 e. The molecule has 0 spiro atoms. The second kappa shape index (κ2) is 11.6. The second-order valence-corrected chi connectivity index (χ2v) is 9.59. The largest absolute Gasteiger partial charge is 0.456 e. The van der Waals surface area contributed by atoms with Crippen molar-refractivity contribution < 1.29 is 23.8 Å². The number of aryl methyl sites for hydroxylation is 1. The number of hydrogen-bond acceptors (Lipinski definition) is 7. The summed E-state index contributed by atoms with van der Waals surface area (Å²) in [5, 5.41) is 3.77. The molecule has 1 atom stereocenters. The van der Waals surface area contributed by atoms with Gasteiger partial charge in [-0.2, -0.15) is 0 Å². The summed E-state index contributed by atoms with van der Waals surface area (Å²) in [5.74, 6) is 0.130. The number of nitrogens with zero attached hydrogens (tertiary/aromatic N) is 4. The zero-order valence-electron chi connectivity index (χ0n) is 22.7. The molecule has 0 saturated carbocycles. The van der Waals surface area contributed by atoms with Crippen molar-refractivity contribution in [1.29, 1.82) is 0 Å². The molecule has 0 aromatic heterocycles. The maximum atomic E-state index is 13.2. The highest BCUT2D eigenvalue weighted by Crippen LogP contribution is 2.51. The number of ether oxygens (including phenoxy) is 3. The molecule has 40 heavy (non-hydrogen) atoms. The van der Waals surface area contributed by atoms with E-state index in [1.54, 1.807) is 18.2 Å². The molecule has 0 bridgehead atoms. The number of carbonyl (C=O) groups excluding carboxylic acids is 2. The van der Waals surface area contributed by atoms with Gasteiger partial charge in [-0.05, 0) is 67.1 Å². The Kier molecular flexibility index (Phi) is 7.75. The number of anilines is 1. The quantitative estimate of drug-likeness (QED) is 0.1000. The Morgan fingerprint density at radius 1 is 1.02 bits per heavy atom. The second-order valence-electron chi connectivity index (χ2n) is 9.59. The summed E-state index contributed by atoms with van der Waals surface area (Å²) < 4.78 is 16.8. The van der Waals surface area contributed by atoms with Gasteiger partial charge in [-0.1, -0.05) is 41.5 Å². The minimum absolute atomic E-state index is 0.257. The zero-order chi connectivity index (χ0) is 28.2. The van der Waals surface area contributed by atoms with Gasteiger partial charge < -0.3 is 19.1 Å². The summed E-state index contributed by atoms with van der Waals surface area (Å²) in [4.78, 5) is 29.5. The summed E-state index contributed by atoms with van der Waals surface area (Å²) in [6.45, 7) is 6.75. The van der Waals surface area contributed by atoms with E-state index >= 15 is 0 Å². The van der Waals surface area contributed by atoms with Crippen molar-refractivity contribution in [2.24, 2.45) is 5.11 Å². The van der Waals surface area contributed by atoms with Crippen molar-refractivity contribution in [3.05, 3.63) is 104 Å². The molecule has 1 unspecified atom stereocenters. The lowest BCUT2D eigenvalue weighted by molar-refractivity contribution is -0.149. The van der Waals surface area contributed by atoms with E-state index in [1.165, 1.54) is 6.92 Å². The first-order valence-corrected chi connectivity index (χ1v) is 13.3. The Hall–Kier alpha value is -4.75. The molecule has 0 fully saturated rings. The number of allylic oxidation sites excluding steroid dienone is 1. The minimum atomic E-state index is -0.568. The van der Waals surface area contributed by atoms with Crippen LogP contribution in [0, 0.1) is 0 Å². The molecule has 0 saturated heterocycles. The van der Waals surface area contributed by atoms with E-state index in [0.29, 0.717) is 17.7 Å². The highest BCUT2D eigenvalue weighted by molar-refractivity contribution is 5.92. The molecule has 3 aromatic rings. The summed E-state index contributed by atoms with van der Waals surface area (Å²) >= 11 is 0. The van der Waals surface area contributed by atoms with Crippen LogP contribution in [0.1, 0.15) is 65.7 Å². The molecule has 9 nitrogen and oxygen atoms in total. The van der Waals surface area contributed by atoms with Gasteiger partial charge in [-0.25, -0.2) is 4.79 Å². The number of hydrogen-bond donors (Lipinski definition) is 0. The molecule has 0 amide bonds. The predicted octanol–water partition coefficient (Wildman–Crippen LogP) is 7.03. The molecule has 1 aliphatic heterocycles. The smallest absolute Gasteiger partial charge is 0.341 e. The van der Waals surface area contributed by atoms with Crippen molar-refractivity contribution in [3.8, 4) is 5.75 Å². The molecule has 9 heteroatoms. The van der Waals surface area contributed by atoms with Crippen LogP contribution < -0.4 is 9.64 Å². The van der Waals surface area contributed by atoms with Gasteiger partial charge in [0.25, 0.3) is 0 Å². The lowest BCUT2D eigenvalue weighted by Gasteiger charge is -2.36. The molecular weight excluding hydrogens is 508 g/mol. The Morgan fingerprint density at radius 2 is 1.82 bits per heavy atom. The first-order valence-electron chi connectivity index (χ1n) is 13.3. The molecular formula is C31H30N4O5. The first kappa shape index (κ1) is 26.8. The summed E-state index contributed by atoms with van der Waals surface area (Å²) in [6, 6.07) is 19.2.